The third kappa shape index (κ3) is 2.94. The maximum atomic E-state index is 13.6. The summed E-state index contributed by atoms with van der Waals surface area (Å²) in [7, 11) is 0. The van der Waals surface area contributed by atoms with Crippen LogP contribution in [-0.4, -0.2) is 28.4 Å². The molecule has 2 aliphatic rings. The average Bonchev–Trinajstić information content (AvgIpc) is 3.18. The standard InChI is InChI=1S/C24H26N2O4/c1-14(2)13-24(23(29)30)19-18(20(25-24)16-10-5-4-6-11-16)21(27)26(22(19)28)17-12-8-7-9-15(17)3/h4-12,14,18-20,25H,13H2,1-3H3,(H,29,30). The third-order valence-electron chi connectivity index (χ3n) is 6.28. The molecule has 2 saturated heterocycles. The molecule has 4 unspecified atom stereocenters. The lowest BCUT2D eigenvalue weighted by Crippen LogP contribution is -2.56. The highest BCUT2D eigenvalue weighted by atomic mass is 16.4. The van der Waals surface area contributed by atoms with Crippen LogP contribution in [0.1, 0.15) is 37.4 Å². The summed E-state index contributed by atoms with van der Waals surface area (Å²) in [6, 6.07) is 16.0. The van der Waals surface area contributed by atoms with Crippen molar-refractivity contribution in [2.45, 2.75) is 38.8 Å². The summed E-state index contributed by atoms with van der Waals surface area (Å²) in [5.74, 6) is -3.57. The number of carbonyl (C=O) groups excluding carboxylic acids is 2. The molecule has 0 radical (unpaired) electrons. The van der Waals surface area contributed by atoms with Crippen LogP contribution in [-0.2, 0) is 14.4 Å². The van der Waals surface area contributed by atoms with E-state index in [9.17, 15) is 19.5 Å². The highest BCUT2D eigenvalue weighted by Gasteiger charge is 2.68. The lowest BCUT2D eigenvalue weighted by molar-refractivity contribution is -0.149. The predicted octanol–water partition coefficient (Wildman–Crippen LogP) is 3.31. The van der Waals surface area contributed by atoms with Crippen LogP contribution in [0.4, 0.5) is 5.69 Å². The van der Waals surface area contributed by atoms with E-state index in [0.717, 1.165) is 11.1 Å². The van der Waals surface area contributed by atoms with Gasteiger partial charge in [0.25, 0.3) is 0 Å². The number of hydrogen-bond acceptors (Lipinski definition) is 4. The van der Waals surface area contributed by atoms with Crippen molar-refractivity contribution in [1.29, 1.82) is 0 Å². The third-order valence-corrected chi connectivity index (χ3v) is 6.28. The normalized spacial score (nSPS) is 28.3. The first-order valence-electron chi connectivity index (χ1n) is 10.3. The van der Waals surface area contributed by atoms with E-state index in [2.05, 4.69) is 5.32 Å². The summed E-state index contributed by atoms with van der Waals surface area (Å²) in [6.07, 6.45) is 0.257. The number of imide groups is 1. The smallest absolute Gasteiger partial charge is 0.324 e. The number of nitrogens with zero attached hydrogens (tertiary/aromatic N) is 1. The molecule has 2 aromatic rings. The number of hydrogen-bond donors (Lipinski definition) is 2. The number of amides is 2. The molecule has 2 N–H and O–H groups in total. The van der Waals surface area contributed by atoms with E-state index in [0.29, 0.717) is 5.69 Å². The molecule has 0 aliphatic carbocycles. The zero-order chi connectivity index (χ0) is 21.6. The molecule has 0 aromatic heterocycles. The molecule has 156 valence electrons. The highest BCUT2D eigenvalue weighted by Crippen LogP contribution is 2.51. The van der Waals surface area contributed by atoms with Crippen molar-refractivity contribution in [3.05, 3.63) is 65.7 Å². The van der Waals surface area contributed by atoms with Gasteiger partial charge in [0, 0.05) is 6.04 Å². The molecule has 4 atom stereocenters. The van der Waals surface area contributed by atoms with Gasteiger partial charge in [0.05, 0.1) is 17.5 Å². The number of fused-ring (bicyclic) bond motifs is 1. The molecule has 4 rings (SSSR count). The van der Waals surface area contributed by atoms with Gasteiger partial charge in [-0.1, -0.05) is 62.4 Å². The van der Waals surface area contributed by atoms with Crippen LogP contribution in [0.15, 0.2) is 54.6 Å². The van der Waals surface area contributed by atoms with Gasteiger partial charge in [0.15, 0.2) is 0 Å². The van der Waals surface area contributed by atoms with E-state index in [1.165, 1.54) is 4.90 Å². The van der Waals surface area contributed by atoms with Crippen LogP contribution in [0.25, 0.3) is 0 Å². The Hall–Kier alpha value is -2.99. The minimum absolute atomic E-state index is 0.0270. The summed E-state index contributed by atoms with van der Waals surface area (Å²) >= 11 is 0. The lowest BCUT2D eigenvalue weighted by Gasteiger charge is -2.32. The Morgan fingerprint density at radius 3 is 2.30 bits per heavy atom. The number of anilines is 1. The molecule has 30 heavy (non-hydrogen) atoms. The second kappa shape index (κ2) is 7.36. The summed E-state index contributed by atoms with van der Waals surface area (Å²) in [4.78, 5) is 41.0. The molecule has 2 amide bonds. The van der Waals surface area contributed by atoms with Gasteiger partial charge in [-0.2, -0.15) is 0 Å². The van der Waals surface area contributed by atoms with Gasteiger partial charge >= 0.3 is 5.97 Å². The maximum absolute atomic E-state index is 13.6. The molecule has 0 bridgehead atoms. The highest BCUT2D eigenvalue weighted by molar-refractivity contribution is 6.24. The van der Waals surface area contributed by atoms with E-state index in [-0.39, 0.29) is 18.2 Å². The molecule has 6 heteroatoms. The number of carboxylic acid groups (broad SMARTS) is 1. The molecule has 2 fully saturated rings. The van der Waals surface area contributed by atoms with Gasteiger partial charge in [0.2, 0.25) is 11.8 Å². The summed E-state index contributed by atoms with van der Waals surface area (Å²) in [5.41, 5.74) is 0.640. The number of rotatable bonds is 5. The first kappa shape index (κ1) is 20.3. The number of aryl methyl sites for hydroxylation is 1. The predicted molar refractivity (Wildman–Crippen MR) is 113 cm³/mol. The molecular weight excluding hydrogens is 380 g/mol. The van der Waals surface area contributed by atoms with Gasteiger partial charge in [-0.3, -0.25) is 19.7 Å². The van der Waals surface area contributed by atoms with Crippen LogP contribution >= 0.6 is 0 Å². The van der Waals surface area contributed by atoms with Crippen LogP contribution in [0.3, 0.4) is 0 Å². The molecule has 2 heterocycles. The Labute approximate surface area is 175 Å². The fourth-order valence-corrected chi connectivity index (χ4v) is 5.12. The van der Waals surface area contributed by atoms with Gasteiger partial charge in [-0.05, 0) is 36.5 Å². The molecule has 0 spiro atoms. The monoisotopic (exact) mass is 406 g/mol. The van der Waals surface area contributed by atoms with Crippen molar-refractivity contribution < 1.29 is 19.5 Å². The van der Waals surface area contributed by atoms with E-state index in [4.69, 9.17) is 0 Å². The van der Waals surface area contributed by atoms with Crippen LogP contribution in [0.2, 0.25) is 0 Å². The summed E-state index contributed by atoms with van der Waals surface area (Å²) < 4.78 is 0. The minimum Gasteiger partial charge on any atom is -0.480 e. The van der Waals surface area contributed by atoms with Crippen LogP contribution in [0, 0.1) is 24.7 Å². The first-order chi connectivity index (χ1) is 14.3. The Morgan fingerprint density at radius 1 is 1.07 bits per heavy atom. The van der Waals surface area contributed by atoms with Crippen molar-refractivity contribution in [2.75, 3.05) is 4.90 Å². The number of carboxylic acids is 1. The summed E-state index contributed by atoms with van der Waals surface area (Å²) in [5, 5.41) is 13.5. The Kier molecular flexibility index (Phi) is 4.98. The molecule has 6 nitrogen and oxygen atoms in total. The molecule has 2 aliphatic heterocycles. The lowest BCUT2D eigenvalue weighted by atomic mass is 9.75. The Balaban J connectivity index is 1.88. The molecule has 2 aromatic carbocycles. The van der Waals surface area contributed by atoms with Gasteiger partial charge < -0.3 is 5.11 Å². The average molecular weight is 406 g/mol. The minimum atomic E-state index is -1.50. The topological polar surface area (TPSA) is 86.7 Å². The van der Waals surface area contributed by atoms with Crippen molar-refractivity contribution in [1.82, 2.24) is 5.32 Å². The van der Waals surface area contributed by atoms with Crippen molar-refractivity contribution in [2.24, 2.45) is 17.8 Å². The van der Waals surface area contributed by atoms with Crippen molar-refractivity contribution in [3.63, 3.8) is 0 Å². The zero-order valence-corrected chi connectivity index (χ0v) is 17.3. The van der Waals surface area contributed by atoms with Crippen LogP contribution < -0.4 is 10.2 Å². The summed E-state index contributed by atoms with van der Waals surface area (Å²) in [6.45, 7) is 5.70. The Bertz CT molecular complexity index is 1000. The second-order valence-corrected chi connectivity index (χ2v) is 8.71. The van der Waals surface area contributed by atoms with Gasteiger partial charge in [-0.15, -0.1) is 0 Å². The largest absolute Gasteiger partial charge is 0.480 e. The molecule has 0 saturated carbocycles. The van der Waals surface area contributed by atoms with Gasteiger partial charge in [-0.25, -0.2) is 4.90 Å². The van der Waals surface area contributed by atoms with Crippen molar-refractivity contribution in [3.8, 4) is 0 Å². The number of nitrogens with one attached hydrogen (secondary N) is 1. The fourth-order valence-electron chi connectivity index (χ4n) is 5.12. The first-order valence-corrected chi connectivity index (χ1v) is 10.3. The number of benzene rings is 2. The van der Waals surface area contributed by atoms with E-state index < -0.39 is 35.3 Å². The second-order valence-electron chi connectivity index (χ2n) is 8.71. The van der Waals surface area contributed by atoms with Crippen LogP contribution in [0.5, 0.6) is 0 Å². The fraction of sp³-hybridized carbons (Fsp3) is 0.375. The SMILES string of the molecule is Cc1ccccc1N1C(=O)C2C(c3ccccc3)NC(CC(C)C)(C(=O)O)C2C1=O. The molecular formula is C24H26N2O4. The number of aliphatic carboxylic acids is 1. The van der Waals surface area contributed by atoms with E-state index in [1.807, 2.05) is 63.2 Å². The van der Waals surface area contributed by atoms with E-state index in [1.54, 1.807) is 12.1 Å². The van der Waals surface area contributed by atoms with E-state index >= 15 is 0 Å². The number of carbonyl (C=O) groups is 3. The Morgan fingerprint density at radius 2 is 1.70 bits per heavy atom. The van der Waals surface area contributed by atoms with Gasteiger partial charge in [0.1, 0.15) is 5.54 Å². The van der Waals surface area contributed by atoms with Crippen molar-refractivity contribution >= 4 is 23.5 Å². The quantitative estimate of drug-likeness (QED) is 0.744. The maximum Gasteiger partial charge on any atom is 0.324 e. The zero-order valence-electron chi connectivity index (χ0n) is 17.3. The number of para-hydroxylation sites is 1.